The lowest BCUT2D eigenvalue weighted by Gasteiger charge is -2.19. The molecule has 0 aliphatic carbocycles. The average molecular weight is 261 g/mol. The highest BCUT2D eigenvalue weighted by molar-refractivity contribution is 5.20. The molecule has 19 heavy (non-hydrogen) atoms. The zero-order valence-corrected chi connectivity index (χ0v) is 11.7. The van der Waals surface area contributed by atoms with Crippen LogP contribution >= 0.6 is 0 Å². The zero-order chi connectivity index (χ0) is 14.0. The minimum atomic E-state index is -0.100. The maximum Gasteiger partial charge on any atom is 0.255 e. The van der Waals surface area contributed by atoms with Gasteiger partial charge >= 0.3 is 0 Å². The number of rotatable bonds is 4. The molecule has 0 saturated carbocycles. The van der Waals surface area contributed by atoms with Crippen molar-refractivity contribution in [3.05, 3.63) is 51.6 Å². The number of aromatic nitrogens is 2. The summed E-state index contributed by atoms with van der Waals surface area (Å²) in [5, 5.41) is 3.35. The molecule has 102 valence electrons. The lowest BCUT2D eigenvalue weighted by molar-refractivity contribution is 0.400. The van der Waals surface area contributed by atoms with Crippen LogP contribution in [0, 0.1) is 13.8 Å². The van der Waals surface area contributed by atoms with Gasteiger partial charge < -0.3 is 14.7 Å². The van der Waals surface area contributed by atoms with Gasteiger partial charge in [0.25, 0.3) is 5.56 Å². The summed E-state index contributed by atoms with van der Waals surface area (Å²) in [6, 6.07) is 3.69. The summed E-state index contributed by atoms with van der Waals surface area (Å²) < 4.78 is 5.35. The Kier molecular flexibility index (Phi) is 3.85. The van der Waals surface area contributed by atoms with E-state index in [0.717, 1.165) is 11.5 Å². The van der Waals surface area contributed by atoms with Crippen LogP contribution in [0.2, 0.25) is 0 Å². The van der Waals surface area contributed by atoms with Gasteiger partial charge in [0.05, 0.1) is 17.9 Å². The largest absolute Gasteiger partial charge is 0.468 e. The molecule has 0 amide bonds. The highest BCUT2D eigenvalue weighted by Gasteiger charge is 2.18. The maximum atomic E-state index is 12.0. The van der Waals surface area contributed by atoms with Crippen LogP contribution in [-0.2, 0) is 0 Å². The first-order valence-corrected chi connectivity index (χ1v) is 6.36. The molecule has 0 fully saturated rings. The Labute approximate surface area is 112 Å². The number of aryl methyl sites for hydroxylation is 2. The molecule has 0 radical (unpaired) electrons. The van der Waals surface area contributed by atoms with Crippen LogP contribution in [-0.4, -0.2) is 9.97 Å². The standard InChI is InChI=1S/C14H19N3O2/c1-8(12-6-5-7-19-12)15-9(2)13-10(3)16-11(4)17-14(13)18/h5-9,15H,1-4H3,(H,16,17,18)/t8-,9?/m1/s1. The van der Waals surface area contributed by atoms with E-state index >= 15 is 0 Å². The summed E-state index contributed by atoms with van der Waals surface area (Å²) >= 11 is 0. The Bertz CT molecular complexity index is 602. The van der Waals surface area contributed by atoms with Gasteiger partial charge in [0.2, 0.25) is 0 Å². The molecule has 0 bridgehead atoms. The first-order chi connectivity index (χ1) is 8.99. The number of aromatic amines is 1. The van der Waals surface area contributed by atoms with Crippen LogP contribution in [0.3, 0.4) is 0 Å². The maximum absolute atomic E-state index is 12.0. The van der Waals surface area contributed by atoms with Crippen molar-refractivity contribution in [2.75, 3.05) is 0 Å². The van der Waals surface area contributed by atoms with Gasteiger partial charge in [0.15, 0.2) is 0 Å². The van der Waals surface area contributed by atoms with Crippen molar-refractivity contribution in [1.29, 1.82) is 0 Å². The first-order valence-electron chi connectivity index (χ1n) is 6.36. The average Bonchev–Trinajstić information content (AvgIpc) is 2.80. The predicted molar refractivity (Wildman–Crippen MR) is 73.0 cm³/mol. The summed E-state index contributed by atoms with van der Waals surface area (Å²) in [5.41, 5.74) is 1.34. The van der Waals surface area contributed by atoms with E-state index in [0.29, 0.717) is 11.4 Å². The molecule has 2 N–H and O–H groups in total. The van der Waals surface area contributed by atoms with Crippen molar-refractivity contribution in [2.24, 2.45) is 0 Å². The van der Waals surface area contributed by atoms with Crippen LogP contribution in [0.1, 0.15) is 48.8 Å². The summed E-state index contributed by atoms with van der Waals surface area (Å²) in [7, 11) is 0. The van der Waals surface area contributed by atoms with E-state index in [4.69, 9.17) is 4.42 Å². The molecule has 1 unspecified atom stereocenters. The van der Waals surface area contributed by atoms with E-state index in [1.807, 2.05) is 32.9 Å². The molecule has 2 heterocycles. The minimum absolute atomic E-state index is 0.0325. The monoisotopic (exact) mass is 261 g/mol. The van der Waals surface area contributed by atoms with Gasteiger partial charge in [-0.2, -0.15) is 0 Å². The Morgan fingerprint density at radius 3 is 2.63 bits per heavy atom. The minimum Gasteiger partial charge on any atom is -0.468 e. The highest BCUT2D eigenvalue weighted by atomic mass is 16.3. The van der Waals surface area contributed by atoms with E-state index in [9.17, 15) is 4.79 Å². The Morgan fingerprint density at radius 1 is 1.32 bits per heavy atom. The number of H-pyrrole nitrogens is 1. The third-order valence-electron chi connectivity index (χ3n) is 3.17. The van der Waals surface area contributed by atoms with Crippen molar-refractivity contribution in [2.45, 2.75) is 39.8 Å². The Morgan fingerprint density at radius 2 is 2.05 bits per heavy atom. The molecule has 0 saturated heterocycles. The van der Waals surface area contributed by atoms with Gasteiger partial charge in [0.1, 0.15) is 11.6 Å². The lowest BCUT2D eigenvalue weighted by atomic mass is 10.1. The molecule has 2 aromatic rings. The number of furan rings is 1. The summed E-state index contributed by atoms with van der Waals surface area (Å²) in [6.45, 7) is 7.59. The van der Waals surface area contributed by atoms with Gasteiger partial charge in [-0.1, -0.05) is 0 Å². The van der Waals surface area contributed by atoms with Gasteiger partial charge in [0, 0.05) is 11.7 Å². The topological polar surface area (TPSA) is 70.9 Å². The van der Waals surface area contributed by atoms with Crippen LogP contribution in [0.5, 0.6) is 0 Å². The lowest BCUT2D eigenvalue weighted by Crippen LogP contribution is -2.29. The fourth-order valence-corrected chi connectivity index (χ4v) is 2.32. The van der Waals surface area contributed by atoms with Crippen LogP contribution < -0.4 is 10.9 Å². The summed E-state index contributed by atoms with van der Waals surface area (Å²) in [4.78, 5) is 19.1. The number of hydrogen-bond acceptors (Lipinski definition) is 4. The molecule has 2 aromatic heterocycles. The quantitative estimate of drug-likeness (QED) is 0.886. The molecule has 0 aromatic carbocycles. The van der Waals surface area contributed by atoms with Crippen molar-refractivity contribution >= 4 is 0 Å². The second kappa shape index (κ2) is 5.40. The zero-order valence-electron chi connectivity index (χ0n) is 11.7. The van der Waals surface area contributed by atoms with Gasteiger partial charge in [-0.15, -0.1) is 0 Å². The molecular weight excluding hydrogens is 242 g/mol. The molecule has 5 heteroatoms. The molecular formula is C14H19N3O2. The predicted octanol–water partition coefficient (Wildman–Crippen LogP) is 2.39. The van der Waals surface area contributed by atoms with Crippen LogP contribution in [0.4, 0.5) is 0 Å². The molecule has 2 rings (SSSR count). The molecule has 0 aliphatic rings. The van der Waals surface area contributed by atoms with Gasteiger partial charge in [-0.05, 0) is 39.8 Å². The second-order valence-corrected chi connectivity index (χ2v) is 4.78. The summed E-state index contributed by atoms with van der Waals surface area (Å²) in [6.07, 6.45) is 1.64. The Hall–Kier alpha value is -1.88. The SMILES string of the molecule is Cc1nc(C)c(C(C)N[C@H](C)c2ccco2)c(=O)[nH]1. The molecule has 0 aliphatic heterocycles. The van der Waals surface area contributed by atoms with Crippen molar-refractivity contribution in [3.8, 4) is 0 Å². The third kappa shape index (κ3) is 2.93. The van der Waals surface area contributed by atoms with Gasteiger partial charge in [-0.3, -0.25) is 4.79 Å². The van der Waals surface area contributed by atoms with E-state index in [-0.39, 0.29) is 17.6 Å². The van der Waals surface area contributed by atoms with E-state index < -0.39 is 0 Å². The van der Waals surface area contributed by atoms with Crippen molar-refractivity contribution < 1.29 is 4.42 Å². The third-order valence-corrected chi connectivity index (χ3v) is 3.17. The first kappa shape index (κ1) is 13.5. The molecule has 2 atom stereocenters. The van der Waals surface area contributed by atoms with E-state index in [2.05, 4.69) is 15.3 Å². The van der Waals surface area contributed by atoms with E-state index in [1.165, 1.54) is 0 Å². The smallest absolute Gasteiger partial charge is 0.255 e. The van der Waals surface area contributed by atoms with E-state index in [1.54, 1.807) is 13.2 Å². The van der Waals surface area contributed by atoms with Crippen LogP contribution in [0.15, 0.2) is 27.6 Å². The Balaban J connectivity index is 2.21. The highest BCUT2D eigenvalue weighted by Crippen LogP contribution is 2.18. The van der Waals surface area contributed by atoms with Crippen LogP contribution in [0.25, 0.3) is 0 Å². The van der Waals surface area contributed by atoms with Crippen molar-refractivity contribution in [1.82, 2.24) is 15.3 Å². The molecule has 5 nitrogen and oxygen atoms in total. The number of nitrogens with zero attached hydrogens (tertiary/aromatic N) is 1. The number of hydrogen-bond donors (Lipinski definition) is 2. The fraction of sp³-hybridized carbons (Fsp3) is 0.429. The summed E-state index contributed by atoms with van der Waals surface area (Å²) in [5.74, 6) is 1.48. The second-order valence-electron chi connectivity index (χ2n) is 4.78. The normalized spacial score (nSPS) is 14.3. The van der Waals surface area contributed by atoms with Gasteiger partial charge in [-0.25, -0.2) is 4.98 Å². The number of nitrogens with one attached hydrogen (secondary N) is 2. The van der Waals surface area contributed by atoms with Crippen molar-refractivity contribution in [3.63, 3.8) is 0 Å². The fourth-order valence-electron chi connectivity index (χ4n) is 2.32. The molecule has 0 spiro atoms.